The summed E-state index contributed by atoms with van der Waals surface area (Å²) in [6.45, 7) is 7.92. The molecule has 8 heteroatoms. The second-order valence-electron chi connectivity index (χ2n) is 5.97. The summed E-state index contributed by atoms with van der Waals surface area (Å²) in [5.41, 5.74) is 1.49. The lowest BCUT2D eigenvalue weighted by atomic mass is 10.2. The summed E-state index contributed by atoms with van der Waals surface area (Å²) in [6, 6.07) is 1.53. The highest BCUT2D eigenvalue weighted by Crippen LogP contribution is 2.32. The molecule has 0 saturated heterocycles. The number of thiophene rings is 1. The van der Waals surface area contributed by atoms with Crippen LogP contribution >= 0.6 is 23.1 Å². The van der Waals surface area contributed by atoms with Crippen molar-refractivity contribution < 1.29 is 0 Å². The summed E-state index contributed by atoms with van der Waals surface area (Å²) in [7, 11) is 0. The Balaban J connectivity index is 1.94. The number of nitrogens with zero attached hydrogens (tertiary/aromatic N) is 2. The lowest BCUT2D eigenvalue weighted by Gasteiger charge is -2.10. The van der Waals surface area contributed by atoms with E-state index in [1.807, 2.05) is 27.7 Å². The number of rotatable bonds is 5. The average Bonchev–Trinajstić information content (AvgIpc) is 2.82. The predicted octanol–water partition coefficient (Wildman–Crippen LogP) is 3.49. The number of aromatic amines is 2. The first-order chi connectivity index (χ1) is 11.9. The zero-order chi connectivity index (χ0) is 18.1. The second kappa shape index (κ2) is 7.13. The normalized spacial score (nSPS) is 12.6. The number of nitrogens with one attached hydrogen (secondary N) is 2. The van der Waals surface area contributed by atoms with Gasteiger partial charge in [-0.15, -0.1) is 11.3 Å². The summed E-state index contributed by atoms with van der Waals surface area (Å²) in [5, 5.41) is 1.07. The van der Waals surface area contributed by atoms with Gasteiger partial charge in [0.2, 0.25) is 0 Å². The van der Waals surface area contributed by atoms with Crippen molar-refractivity contribution in [2.24, 2.45) is 0 Å². The molecule has 0 aliphatic rings. The number of H-pyrrole nitrogens is 2. The summed E-state index contributed by atoms with van der Waals surface area (Å²) in [6.07, 6.45) is 1.69. The third-order valence-corrected chi connectivity index (χ3v) is 6.10. The van der Waals surface area contributed by atoms with Gasteiger partial charge in [-0.05, 0) is 32.8 Å². The monoisotopic (exact) mass is 376 g/mol. The molecular weight excluding hydrogens is 356 g/mol. The quantitative estimate of drug-likeness (QED) is 0.525. The van der Waals surface area contributed by atoms with Crippen molar-refractivity contribution in [2.75, 3.05) is 0 Å². The molecule has 3 aromatic heterocycles. The van der Waals surface area contributed by atoms with E-state index < -0.39 is 0 Å². The van der Waals surface area contributed by atoms with Gasteiger partial charge in [0.1, 0.15) is 10.7 Å². The molecule has 132 valence electrons. The third kappa shape index (κ3) is 3.69. The Bertz CT molecular complexity index is 1040. The van der Waals surface area contributed by atoms with E-state index >= 15 is 0 Å². The predicted molar refractivity (Wildman–Crippen MR) is 103 cm³/mol. The van der Waals surface area contributed by atoms with E-state index in [9.17, 15) is 9.59 Å². The van der Waals surface area contributed by atoms with E-state index in [0.717, 1.165) is 33.8 Å². The van der Waals surface area contributed by atoms with E-state index in [2.05, 4.69) is 19.9 Å². The van der Waals surface area contributed by atoms with Crippen LogP contribution in [0.4, 0.5) is 0 Å². The maximum absolute atomic E-state index is 12.4. The Morgan fingerprint density at radius 3 is 2.72 bits per heavy atom. The SMILES string of the molecule is CCCc1cc(=O)[nH]c(S[C@@H](C)c2nc3sc(C)c(C)c3c(=O)[nH]2)n1. The molecule has 0 aromatic carbocycles. The maximum atomic E-state index is 12.4. The lowest BCUT2D eigenvalue weighted by molar-refractivity contribution is 0.810. The van der Waals surface area contributed by atoms with Crippen LogP contribution in [0.2, 0.25) is 0 Å². The Labute approximate surface area is 153 Å². The number of hydrogen-bond acceptors (Lipinski definition) is 6. The Morgan fingerprint density at radius 1 is 1.24 bits per heavy atom. The van der Waals surface area contributed by atoms with E-state index in [-0.39, 0.29) is 16.4 Å². The number of thioether (sulfide) groups is 1. The maximum Gasteiger partial charge on any atom is 0.259 e. The third-order valence-electron chi connectivity index (χ3n) is 4.01. The Morgan fingerprint density at radius 2 is 2.00 bits per heavy atom. The van der Waals surface area contributed by atoms with E-state index in [1.54, 1.807) is 0 Å². The molecule has 0 radical (unpaired) electrons. The number of aromatic nitrogens is 4. The number of fused-ring (bicyclic) bond motifs is 1. The fraction of sp³-hybridized carbons (Fsp3) is 0.412. The zero-order valence-corrected chi connectivity index (χ0v) is 16.2. The van der Waals surface area contributed by atoms with Gasteiger partial charge in [-0.2, -0.15) is 0 Å². The van der Waals surface area contributed by atoms with Crippen LogP contribution < -0.4 is 11.1 Å². The molecule has 0 aliphatic carbocycles. The van der Waals surface area contributed by atoms with Gasteiger partial charge in [-0.3, -0.25) is 9.59 Å². The highest BCUT2D eigenvalue weighted by Gasteiger charge is 2.17. The lowest BCUT2D eigenvalue weighted by Crippen LogP contribution is -2.14. The van der Waals surface area contributed by atoms with Crippen molar-refractivity contribution in [2.45, 2.75) is 50.9 Å². The molecule has 0 unspecified atom stereocenters. The first-order valence-electron chi connectivity index (χ1n) is 8.15. The van der Waals surface area contributed by atoms with Gasteiger partial charge < -0.3 is 9.97 Å². The van der Waals surface area contributed by atoms with E-state index in [4.69, 9.17) is 0 Å². The Kier molecular flexibility index (Phi) is 5.10. The molecule has 2 N–H and O–H groups in total. The fourth-order valence-electron chi connectivity index (χ4n) is 2.61. The first-order valence-corrected chi connectivity index (χ1v) is 9.85. The van der Waals surface area contributed by atoms with Gasteiger partial charge in [0.25, 0.3) is 11.1 Å². The van der Waals surface area contributed by atoms with Crippen LogP contribution in [0, 0.1) is 13.8 Å². The standard InChI is InChI=1S/C17H20N4O2S2/c1-5-6-11-7-12(22)19-17(18-11)25-10(4)14-20-15(23)13-8(2)9(3)24-16(13)21-14/h7,10H,5-6H2,1-4H3,(H,18,19,22)(H,20,21,23)/t10-/m0/s1. The largest absolute Gasteiger partial charge is 0.309 e. The minimum atomic E-state index is -0.158. The van der Waals surface area contributed by atoms with Crippen molar-refractivity contribution in [3.63, 3.8) is 0 Å². The molecule has 1 atom stereocenters. The van der Waals surface area contributed by atoms with Crippen molar-refractivity contribution in [3.05, 3.63) is 48.7 Å². The van der Waals surface area contributed by atoms with Gasteiger partial charge >= 0.3 is 0 Å². The zero-order valence-electron chi connectivity index (χ0n) is 14.6. The van der Waals surface area contributed by atoms with Crippen LogP contribution in [0.1, 0.15) is 47.5 Å². The molecule has 0 fully saturated rings. The molecule has 0 saturated carbocycles. The highest BCUT2D eigenvalue weighted by molar-refractivity contribution is 7.99. The number of aryl methyl sites for hydroxylation is 3. The summed E-state index contributed by atoms with van der Waals surface area (Å²) < 4.78 is 0. The van der Waals surface area contributed by atoms with Crippen molar-refractivity contribution >= 4 is 33.3 Å². The fourth-order valence-corrected chi connectivity index (χ4v) is 4.54. The minimum absolute atomic E-state index is 0.115. The van der Waals surface area contributed by atoms with Crippen LogP contribution in [0.25, 0.3) is 10.2 Å². The molecular formula is C17H20N4O2S2. The average molecular weight is 377 g/mol. The molecule has 0 bridgehead atoms. The summed E-state index contributed by atoms with van der Waals surface area (Å²) in [4.78, 5) is 40.8. The molecule has 0 spiro atoms. The van der Waals surface area contributed by atoms with Gasteiger partial charge in [-0.25, -0.2) is 9.97 Å². The van der Waals surface area contributed by atoms with Gasteiger partial charge in [0, 0.05) is 16.6 Å². The molecule has 3 heterocycles. The summed E-state index contributed by atoms with van der Waals surface area (Å²) in [5.74, 6) is 0.590. The van der Waals surface area contributed by atoms with Crippen molar-refractivity contribution in [3.8, 4) is 0 Å². The van der Waals surface area contributed by atoms with Gasteiger partial charge in [-0.1, -0.05) is 25.1 Å². The van der Waals surface area contributed by atoms with Gasteiger partial charge in [0.05, 0.1) is 10.6 Å². The van der Waals surface area contributed by atoms with Crippen LogP contribution in [0.15, 0.2) is 20.8 Å². The molecule has 0 amide bonds. The van der Waals surface area contributed by atoms with Crippen LogP contribution in [-0.2, 0) is 6.42 Å². The molecule has 0 aliphatic heterocycles. The second-order valence-corrected chi connectivity index (χ2v) is 8.50. The molecule has 6 nitrogen and oxygen atoms in total. The van der Waals surface area contributed by atoms with E-state index in [0.29, 0.717) is 16.4 Å². The number of hydrogen-bond donors (Lipinski definition) is 2. The van der Waals surface area contributed by atoms with Crippen molar-refractivity contribution in [1.29, 1.82) is 0 Å². The molecule has 25 heavy (non-hydrogen) atoms. The van der Waals surface area contributed by atoms with E-state index in [1.165, 1.54) is 29.2 Å². The van der Waals surface area contributed by atoms with Crippen LogP contribution in [0.3, 0.4) is 0 Å². The van der Waals surface area contributed by atoms with Crippen molar-refractivity contribution in [1.82, 2.24) is 19.9 Å². The Hall–Kier alpha value is -1.93. The molecule has 3 rings (SSSR count). The van der Waals surface area contributed by atoms with Crippen LogP contribution in [0.5, 0.6) is 0 Å². The van der Waals surface area contributed by atoms with Crippen LogP contribution in [-0.4, -0.2) is 19.9 Å². The highest BCUT2D eigenvalue weighted by atomic mass is 32.2. The van der Waals surface area contributed by atoms with Gasteiger partial charge in [0.15, 0.2) is 5.16 Å². The molecule has 3 aromatic rings. The topological polar surface area (TPSA) is 91.5 Å². The summed E-state index contributed by atoms with van der Waals surface area (Å²) >= 11 is 2.91. The minimum Gasteiger partial charge on any atom is -0.309 e. The first kappa shape index (κ1) is 17.9. The smallest absolute Gasteiger partial charge is 0.259 e.